The normalized spacial score (nSPS) is 20.7. The van der Waals surface area contributed by atoms with Crippen LogP contribution in [0, 0.1) is 0 Å². The third-order valence-corrected chi connectivity index (χ3v) is 6.12. The lowest BCUT2D eigenvalue weighted by atomic mass is 9.96. The quantitative estimate of drug-likeness (QED) is 0.738. The first kappa shape index (κ1) is 17.9. The second-order valence-corrected chi connectivity index (χ2v) is 8.40. The lowest BCUT2D eigenvalue weighted by molar-refractivity contribution is 0.453. The van der Waals surface area contributed by atoms with Crippen LogP contribution in [0.5, 0.6) is 5.75 Å². The van der Waals surface area contributed by atoms with Gasteiger partial charge in [0.1, 0.15) is 5.75 Å². The van der Waals surface area contributed by atoms with Crippen LogP contribution < -0.4 is 10.0 Å². The fourth-order valence-corrected chi connectivity index (χ4v) is 4.19. The van der Waals surface area contributed by atoms with Gasteiger partial charge in [0.2, 0.25) is 10.0 Å². The highest BCUT2D eigenvalue weighted by Gasteiger charge is 2.30. The molecule has 0 radical (unpaired) electrons. The standard InChI is InChI=1S/C19H24N2O3S/c1-2-25(23,24)21-17-11-12-20-18(17)13-15-9-6-10-16(19(15)22)14-7-4-3-5-8-14/h3-10,17-18,20-22H,2,11-13H2,1H3. The molecule has 3 N–H and O–H groups in total. The Hall–Kier alpha value is -1.89. The summed E-state index contributed by atoms with van der Waals surface area (Å²) < 4.78 is 26.5. The zero-order valence-electron chi connectivity index (χ0n) is 14.3. The van der Waals surface area contributed by atoms with Crippen molar-refractivity contribution < 1.29 is 13.5 Å². The number of phenolic OH excluding ortho intramolecular Hbond substituents is 1. The molecule has 2 aromatic carbocycles. The van der Waals surface area contributed by atoms with Crippen molar-refractivity contribution in [2.75, 3.05) is 12.3 Å². The molecule has 1 aliphatic rings. The SMILES string of the molecule is CCS(=O)(=O)NC1CCNC1Cc1cccc(-c2ccccc2)c1O. The predicted octanol–water partition coefficient (Wildman–Crippen LogP) is 2.27. The van der Waals surface area contributed by atoms with E-state index in [1.165, 1.54) is 0 Å². The lowest BCUT2D eigenvalue weighted by Gasteiger charge is -2.21. The van der Waals surface area contributed by atoms with Crippen LogP contribution in [0.1, 0.15) is 18.9 Å². The molecule has 5 nitrogen and oxygen atoms in total. The van der Waals surface area contributed by atoms with Crippen molar-refractivity contribution in [1.82, 2.24) is 10.0 Å². The van der Waals surface area contributed by atoms with Crippen LogP contribution in [0.15, 0.2) is 48.5 Å². The number of para-hydroxylation sites is 1. The van der Waals surface area contributed by atoms with Crippen LogP contribution in [-0.4, -0.2) is 37.9 Å². The van der Waals surface area contributed by atoms with Gasteiger partial charge in [-0.1, -0.05) is 48.5 Å². The number of phenols is 1. The van der Waals surface area contributed by atoms with Gasteiger partial charge in [0.05, 0.1) is 5.75 Å². The molecule has 2 atom stereocenters. The van der Waals surface area contributed by atoms with E-state index in [1.54, 1.807) is 6.92 Å². The Morgan fingerprint density at radius 3 is 2.64 bits per heavy atom. The summed E-state index contributed by atoms with van der Waals surface area (Å²) in [4.78, 5) is 0. The Labute approximate surface area is 149 Å². The largest absolute Gasteiger partial charge is 0.507 e. The van der Waals surface area contributed by atoms with Gasteiger partial charge in [-0.2, -0.15) is 0 Å². The molecule has 1 aliphatic heterocycles. The number of sulfonamides is 1. The Kier molecular flexibility index (Phi) is 5.42. The highest BCUT2D eigenvalue weighted by Crippen LogP contribution is 2.33. The fraction of sp³-hybridized carbons (Fsp3) is 0.368. The summed E-state index contributed by atoms with van der Waals surface area (Å²) in [5, 5.41) is 14.1. The predicted molar refractivity (Wildman–Crippen MR) is 100 cm³/mol. The third kappa shape index (κ3) is 4.21. The van der Waals surface area contributed by atoms with Gasteiger partial charge in [0.15, 0.2) is 0 Å². The van der Waals surface area contributed by atoms with E-state index >= 15 is 0 Å². The molecule has 134 valence electrons. The van der Waals surface area contributed by atoms with Crippen molar-refractivity contribution in [3.05, 3.63) is 54.1 Å². The van der Waals surface area contributed by atoms with Gasteiger partial charge in [0.25, 0.3) is 0 Å². The highest BCUT2D eigenvalue weighted by atomic mass is 32.2. The van der Waals surface area contributed by atoms with Gasteiger partial charge in [0, 0.05) is 17.6 Å². The third-order valence-electron chi connectivity index (χ3n) is 4.70. The lowest BCUT2D eigenvalue weighted by Crippen LogP contribution is -2.45. The Morgan fingerprint density at radius 2 is 1.92 bits per heavy atom. The summed E-state index contributed by atoms with van der Waals surface area (Å²) in [5.74, 6) is 0.338. The molecule has 1 fully saturated rings. The second-order valence-electron chi connectivity index (χ2n) is 6.36. The van der Waals surface area contributed by atoms with Crippen LogP contribution in [0.2, 0.25) is 0 Å². The smallest absolute Gasteiger partial charge is 0.211 e. The first-order valence-electron chi connectivity index (χ1n) is 8.60. The van der Waals surface area contributed by atoms with Gasteiger partial charge < -0.3 is 10.4 Å². The van der Waals surface area contributed by atoms with Gasteiger partial charge >= 0.3 is 0 Å². The molecule has 2 aromatic rings. The maximum atomic E-state index is 11.9. The zero-order valence-corrected chi connectivity index (χ0v) is 15.1. The number of hydrogen-bond acceptors (Lipinski definition) is 4. The van der Waals surface area contributed by atoms with Crippen LogP contribution >= 0.6 is 0 Å². The van der Waals surface area contributed by atoms with E-state index in [1.807, 2.05) is 48.5 Å². The van der Waals surface area contributed by atoms with E-state index in [-0.39, 0.29) is 23.6 Å². The van der Waals surface area contributed by atoms with Crippen molar-refractivity contribution in [3.8, 4) is 16.9 Å². The topological polar surface area (TPSA) is 78.4 Å². The summed E-state index contributed by atoms with van der Waals surface area (Å²) in [5.41, 5.74) is 2.58. The first-order chi connectivity index (χ1) is 12.0. The molecule has 0 saturated carbocycles. The van der Waals surface area contributed by atoms with Crippen LogP contribution in [0.25, 0.3) is 11.1 Å². The summed E-state index contributed by atoms with van der Waals surface area (Å²) in [6.07, 6.45) is 1.33. The van der Waals surface area contributed by atoms with E-state index in [0.717, 1.165) is 29.7 Å². The van der Waals surface area contributed by atoms with Gasteiger partial charge in [-0.15, -0.1) is 0 Å². The summed E-state index contributed by atoms with van der Waals surface area (Å²) >= 11 is 0. The molecule has 1 heterocycles. The molecule has 1 saturated heterocycles. The highest BCUT2D eigenvalue weighted by molar-refractivity contribution is 7.89. The summed E-state index contributed by atoms with van der Waals surface area (Å²) in [7, 11) is -3.24. The monoisotopic (exact) mass is 360 g/mol. The Morgan fingerprint density at radius 1 is 1.16 bits per heavy atom. The zero-order chi connectivity index (χ0) is 17.9. The maximum absolute atomic E-state index is 11.9. The summed E-state index contributed by atoms with van der Waals surface area (Å²) in [6.45, 7) is 2.40. The number of nitrogens with one attached hydrogen (secondary N) is 2. The minimum Gasteiger partial charge on any atom is -0.507 e. The molecule has 25 heavy (non-hydrogen) atoms. The first-order valence-corrected chi connectivity index (χ1v) is 10.2. The molecule has 0 spiro atoms. The Bertz CT molecular complexity index is 822. The van der Waals surface area contributed by atoms with Crippen molar-refractivity contribution in [2.45, 2.75) is 31.8 Å². The second kappa shape index (κ2) is 7.56. The minimum atomic E-state index is -3.24. The molecule has 0 amide bonds. The van der Waals surface area contributed by atoms with Crippen molar-refractivity contribution in [1.29, 1.82) is 0 Å². The number of rotatable bonds is 6. The van der Waals surface area contributed by atoms with Crippen molar-refractivity contribution in [2.24, 2.45) is 0 Å². The number of hydrogen-bond donors (Lipinski definition) is 3. The maximum Gasteiger partial charge on any atom is 0.211 e. The number of aromatic hydroxyl groups is 1. The van der Waals surface area contributed by atoms with Gasteiger partial charge in [-0.05, 0) is 37.4 Å². The molecular formula is C19H24N2O3S. The fourth-order valence-electron chi connectivity index (χ4n) is 3.28. The molecule has 3 rings (SSSR count). The van der Waals surface area contributed by atoms with E-state index < -0.39 is 10.0 Å². The average Bonchev–Trinajstić information content (AvgIpc) is 3.03. The average molecular weight is 360 g/mol. The van der Waals surface area contributed by atoms with E-state index in [9.17, 15) is 13.5 Å². The summed E-state index contributed by atoms with van der Waals surface area (Å²) in [6, 6.07) is 15.3. The molecular weight excluding hydrogens is 336 g/mol. The van der Waals surface area contributed by atoms with Gasteiger partial charge in [-0.3, -0.25) is 0 Å². The van der Waals surface area contributed by atoms with E-state index in [0.29, 0.717) is 6.42 Å². The van der Waals surface area contributed by atoms with Crippen LogP contribution in [0.3, 0.4) is 0 Å². The molecule has 0 aromatic heterocycles. The van der Waals surface area contributed by atoms with Crippen LogP contribution in [-0.2, 0) is 16.4 Å². The minimum absolute atomic E-state index is 0.0294. The molecule has 0 aliphatic carbocycles. The molecule has 2 unspecified atom stereocenters. The molecule has 6 heteroatoms. The van der Waals surface area contributed by atoms with Crippen LogP contribution in [0.4, 0.5) is 0 Å². The van der Waals surface area contributed by atoms with E-state index in [2.05, 4.69) is 10.0 Å². The van der Waals surface area contributed by atoms with Gasteiger partial charge in [-0.25, -0.2) is 13.1 Å². The molecule has 0 bridgehead atoms. The van der Waals surface area contributed by atoms with E-state index in [4.69, 9.17) is 0 Å². The Balaban J connectivity index is 1.81. The van der Waals surface area contributed by atoms with Crippen molar-refractivity contribution in [3.63, 3.8) is 0 Å². The number of benzene rings is 2. The van der Waals surface area contributed by atoms with Crippen molar-refractivity contribution >= 4 is 10.0 Å².